The summed E-state index contributed by atoms with van der Waals surface area (Å²) >= 11 is 10.6. The summed E-state index contributed by atoms with van der Waals surface area (Å²) in [7, 11) is 1.55. The molecule has 168 valence electrons. The molecule has 1 saturated heterocycles. The van der Waals surface area contributed by atoms with Gasteiger partial charge in [-0.05, 0) is 53.2 Å². The first-order valence-electron chi connectivity index (χ1n) is 9.99. The first kappa shape index (κ1) is 23.4. The van der Waals surface area contributed by atoms with Crippen molar-refractivity contribution < 1.29 is 19.1 Å². The van der Waals surface area contributed by atoms with Gasteiger partial charge < -0.3 is 9.47 Å². The van der Waals surface area contributed by atoms with Gasteiger partial charge in [-0.1, -0.05) is 70.0 Å². The molecule has 3 aromatic rings. The molecule has 0 bridgehead atoms. The fourth-order valence-electron chi connectivity index (χ4n) is 3.25. The lowest BCUT2D eigenvalue weighted by Crippen LogP contribution is -2.27. The van der Waals surface area contributed by atoms with Crippen LogP contribution >= 0.6 is 39.3 Å². The second-order valence-corrected chi connectivity index (χ2v) is 9.40. The molecule has 1 fully saturated rings. The van der Waals surface area contributed by atoms with Crippen molar-refractivity contribution in [3.63, 3.8) is 0 Å². The molecule has 33 heavy (non-hydrogen) atoms. The number of hydrogen-bond donors (Lipinski definition) is 0. The third-order valence-corrected chi connectivity index (χ3v) is 7.04. The van der Waals surface area contributed by atoms with Gasteiger partial charge in [0.15, 0.2) is 11.5 Å². The topological polar surface area (TPSA) is 55.8 Å². The summed E-state index contributed by atoms with van der Waals surface area (Å²) in [5.41, 5.74) is 2.45. The predicted octanol–water partition coefficient (Wildman–Crippen LogP) is 6.93. The van der Waals surface area contributed by atoms with E-state index in [-0.39, 0.29) is 17.7 Å². The lowest BCUT2D eigenvalue weighted by Gasteiger charge is -2.13. The highest BCUT2D eigenvalue weighted by molar-refractivity contribution is 9.10. The van der Waals surface area contributed by atoms with Gasteiger partial charge >= 0.3 is 0 Å². The van der Waals surface area contributed by atoms with Crippen LogP contribution in [0.25, 0.3) is 6.08 Å². The number of thioether (sulfide) groups is 1. The normalized spacial score (nSPS) is 14.8. The van der Waals surface area contributed by atoms with Gasteiger partial charge in [0.1, 0.15) is 6.61 Å². The Morgan fingerprint density at radius 1 is 1.00 bits per heavy atom. The van der Waals surface area contributed by atoms with E-state index in [0.29, 0.717) is 28.0 Å². The molecule has 0 aliphatic carbocycles. The van der Waals surface area contributed by atoms with E-state index in [0.717, 1.165) is 32.9 Å². The number of methoxy groups -OCH3 is 1. The smallest absolute Gasteiger partial charge is 0.293 e. The highest BCUT2D eigenvalue weighted by atomic mass is 79.9. The molecule has 1 aliphatic heterocycles. The van der Waals surface area contributed by atoms with Crippen LogP contribution < -0.4 is 9.47 Å². The maximum absolute atomic E-state index is 12.9. The van der Waals surface area contributed by atoms with E-state index in [9.17, 15) is 9.59 Å². The molecule has 0 radical (unpaired) electrons. The van der Waals surface area contributed by atoms with E-state index >= 15 is 0 Å². The van der Waals surface area contributed by atoms with Crippen molar-refractivity contribution >= 4 is 56.5 Å². The van der Waals surface area contributed by atoms with Crippen LogP contribution in [0, 0.1) is 0 Å². The van der Waals surface area contributed by atoms with E-state index in [1.54, 1.807) is 25.3 Å². The zero-order chi connectivity index (χ0) is 23.4. The van der Waals surface area contributed by atoms with Crippen LogP contribution in [0.5, 0.6) is 11.5 Å². The summed E-state index contributed by atoms with van der Waals surface area (Å²) in [4.78, 5) is 27.0. The molecule has 8 heteroatoms. The van der Waals surface area contributed by atoms with Crippen LogP contribution in [0.15, 0.2) is 76.1 Å². The molecule has 5 nitrogen and oxygen atoms in total. The molecule has 0 unspecified atom stereocenters. The number of benzene rings is 3. The monoisotopic (exact) mass is 543 g/mol. The number of hydrogen-bond acceptors (Lipinski definition) is 5. The highest BCUT2D eigenvalue weighted by Gasteiger charge is 2.35. The molecular formula is C25H19BrClNO4S. The van der Waals surface area contributed by atoms with E-state index in [1.165, 1.54) is 4.90 Å². The summed E-state index contributed by atoms with van der Waals surface area (Å²) in [6.45, 7) is 0.505. The van der Waals surface area contributed by atoms with Gasteiger partial charge in [0.2, 0.25) is 0 Å². The van der Waals surface area contributed by atoms with E-state index < -0.39 is 0 Å². The molecular weight excluding hydrogens is 526 g/mol. The Labute approximate surface area is 209 Å². The van der Waals surface area contributed by atoms with Crippen LogP contribution in [0.4, 0.5) is 4.79 Å². The van der Waals surface area contributed by atoms with Gasteiger partial charge in [0.25, 0.3) is 11.1 Å². The lowest BCUT2D eigenvalue weighted by atomic mass is 10.1. The average molecular weight is 545 g/mol. The molecule has 0 aromatic heterocycles. The van der Waals surface area contributed by atoms with Crippen molar-refractivity contribution in [3.05, 3.63) is 97.8 Å². The van der Waals surface area contributed by atoms with Gasteiger partial charge in [-0.15, -0.1) is 0 Å². The molecule has 0 saturated carbocycles. The fraction of sp³-hybridized carbons (Fsp3) is 0.120. The molecule has 4 rings (SSSR count). The number of carbonyl (C=O) groups excluding carboxylic acids is 2. The Morgan fingerprint density at radius 2 is 1.73 bits per heavy atom. The van der Waals surface area contributed by atoms with E-state index in [4.69, 9.17) is 21.1 Å². The molecule has 0 N–H and O–H groups in total. The van der Waals surface area contributed by atoms with Gasteiger partial charge in [0.05, 0.1) is 18.6 Å². The van der Waals surface area contributed by atoms with Crippen LogP contribution in [-0.4, -0.2) is 23.2 Å². The number of nitrogens with zero attached hydrogens (tertiary/aromatic N) is 1. The number of ether oxygens (including phenoxy) is 2. The summed E-state index contributed by atoms with van der Waals surface area (Å²) < 4.78 is 12.2. The van der Waals surface area contributed by atoms with Gasteiger partial charge in [0, 0.05) is 15.1 Å². The Bertz CT molecular complexity index is 1250. The van der Waals surface area contributed by atoms with Crippen molar-refractivity contribution in [3.8, 4) is 11.5 Å². The van der Waals surface area contributed by atoms with Crippen LogP contribution in [0.3, 0.4) is 0 Å². The van der Waals surface area contributed by atoms with Crippen LogP contribution in [-0.2, 0) is 17.9 Å². The van der Waals surface area contributed by atoms with Crippen molar-refractivity contribution in [2.45, 2.75) is 13.2 Å². The highest BCUT2D eigenvalue weighted by Crippen LogP contribution is 2.36. The number of halogens is 2. The van der Waals surface area contributed by atoms with Crippen LogP contribution in [0.2, 0.25) is 5.02 Å². The zero-order valence-electron chi connectivity index (χ0n) is 17.6. The molecule has 2 amide bonds. The Balaban J connectivity index is 1.50. The Hall–Kier alpha value is -2.74. The quantitative estimate of drug-likeness (QED) is 0.302. The molecule has 1 heterocycles. The largest absolute Gasteiger partial charge is 0.493 e. The second-order valence-electron chi connectivity index (χ2n) is 7.15. The van der Waals surface area contributed by atoms with E-state index in [2.05, 4.69) is 15.9 Å². The van der Waals surface area contributed by atoms with Crippen molar-refractivity contribution in [1.29, 1.82) is 0 Å². The number of carbonyl (C=O) groups is 2. The van der Waals surface area contributed by atoms with Crippen molar-refractivity contribution in [2.24, 2.45) is 0 Å². The van der Waals surface area contributed by atoms with E-state index in [1.807, 2.05) is 54.6 Å². The number of amides is 2. The molecule has 3 aromatic carbocycles. The fourth-order valence-corrected chi connectivity index (χ4v) is 4.69. The minimum atomic E-state index is -0.321. The summed E-state index contributed by atoms with van der Waals surface area (Å²) in [5, 5.41) is 0.333. The third kappa shape index (κ3) is 5.43. The van der Waals surface area contributed by atoms with Crippen LogP contribution in [0.1, 0.15) is 16.7 Å². The number of imide groups is 1. The minimum Gasteiger partial charge on any atom is -0.493 e. The third-order valence-electron chi connectivity index (χ3n) is 4.99. The van der Waals surface area contributed by atoms with Gasteiger partial charge in [-0.2, -0.15) is 0 Å². The average Bonchev–Trinajstić information content (AvgIpc) is 3.07. The summed E-state index contributed by atoms with van der Waals surface area (Å²) in [5.74, 6) is 0.749. The Kier molecular flexibility index (Phi) is 7.42. The molecule has 0 atom stereocenters. The standard InChI is InChI=1S/C25H19BrClNO4S/c1-31-22-12-16(10-11-21(22)32-15-18-7-3-5-9-20(18)27)13-23-24(29)28(25(30)33-23)14-17-6-2-4-8-19(17)26/h2-13H,14-15H2,1H3/b23-13-. The number of rotatable bonds is 7. The first-order chi connectivity index (χ1) is 16.0. The molecule has 0 spiro atoms. The first-order valence-corrected chi connectivity index (χ1v) is 12.0. The van der Waals surface area contributed by atoms with Crippen molar-refractivity contribution in [2.75, 3.05) is 7.11 Å². The molecule has 1 aliphatic rings. The minimum absolute atomic E-state index is 0.210. The lowest BCUT2D eigenvalue weighted by molar-refractivity contribution is -0.123. The van der Waals surface area contributed by atoms with Gasteiger partial charge in [-0.25, -0.2) is 0 Å². The maximum Gasteiger partial charge on any atom is 0.293 e. The Morgan fingerprint density at radius 3 is 2.45 bits per heavy atom. The van der Waals surface area contributed by atoms with Gasteiger partial charge in [-0.3, -0.25) is 14.5 Å². The SMILES string of the molecule is COc1cc(/C=C2\SC(=O)N(Cc3ccccc3Br)C2=O)ccc1OCc1ccccc1Cl. The summed E-state index contributed by atoms with van der Waals surface area (Å²) in [6.07, 6.45) is 1.69. The second kappa shape index (κ2) is 10.5. The zero-order valence-corrected chi connectivity index (χ0v) is 20.7. The summed E-state index contributed by atoms with van der Waals surface area (Å²) in [6, 6.07) is 20.3. The predicted molar refractivity (Wildman–Crippen MR) is 134 cm³/mol. The van der Waals surface area contributed by atoms with Crippen molar-refractivity contribution in [1.82, 2.24) is 4.90 Å². The maximum atomic E-state index is 12.9.